The van der Waals surface area contributed by atoms with Gasteiger partial charge in [-0.2, -0.15) is 0 Å². The highest BCUT2D eigenvalue weighted by Crippen LogP contribution is 2.30. The van der Waals surface area contributed by atoms with Gasteiger partial charge >= 0.3 is 0 Å². The van der Waals surface area contributed by atoms with Crippen molar-refractivity contribution in [3.05, 3.63) is 58.3 Å². The summed E-state index contributed by atoms with van der Waals surface area (Å²) in [6, 6.07) is 11.2. The molecule has 1 unspecified atom stereocenters. The molecule has 1 heterocycles. The maximum atomic E-state index is 6.32. The molecule has 2 aromatic rings. The van der Waals surface area contributed by atoms with Crippen molar-refractivity contribution >= 4 is 15.9 Å². The van der Waals surface area contributed by atoms with E-state index in [1.807, 2.05) is 36.4 Å². The molecule has 0 spiro atoms. The molecule has 5 heteroatoms. The molecule has 0 aliphatic rings. The Hall–Kier alpha value is -1.43. The first kappa shape index (κ1) is 15.0. The number of pyridine rings is 1. The highest BCUT2D eigenvalue weighted by molar-refractivity contribution is 9.10. The predicted molar refractivity (Wildman–Crippen MR) is 81.8 cm³/mol. The lowest BCUT2D eigenvalue weighted by molar-refractivity contribution is 0.145. The number of benzene rings is 1. The van der Waals surface area contributed by atoms with Gasteiger partial charge in [-0.05, 0) is 34.1 Å². The quantitative estimate of drug-likeness (QED) is 0.824. The summed E-state index contributed by atoms with van der Waals surface area (Å²) in [7, 11) is 1.64. The van der Waals surface area contributed by atoms with Gasteiger partial charge < -0.3 is 15.2 Å². The van der Waals surface area contributed by atoms with Crippen molar-refractivity contribution in [3.8, 4) is 5.75 Å². The van der Waals surface area contributed by atoms with Crippen LogP contribution in [0.3, 0.4) is 0 Å². The molecule has 0 aliphatic heterocycles. The molecule has 4 nitrogen and oxygen atoms in total. The van der Waals surface area contributed by atoms with E-state index in [0.29, 0.717) is 13.2 Å². The van der Waals surface area contributed by atoms with E-state index >= 15 is 0 Å². The number of nitrogens with two attached hydrogens (primary N) is 1. The molecule has 1 aromatic heterocycles. The average molecular weight is 337 g/mol. The second-order valence-electron chi connectivity index (χ2n) is 4.23. The minimum atomic E-state index is -0.343. The van der Waals surface area contributed by atoms with Gasteiger partial charge in [-0.3, -0.25) is 4.98 Å². The van der Waals surface area contributed by atoms with Crippen LogP contribution in [0.1, 0.15) is 17.3 Å². The van der Waals surface area contributed by atoms with Crippen molar-refractivity contribution in [2.45, 2.75) is 6.04 Å². The first-order valence-electron chi connectivity index (χ1n) is 6.30. The Morgan fingerprint density at radius 1 is 1.20 bits per heavy atom. The number of halogens is 1. The maximum Gasteiger partial charge on any atom is 0.124 e. The second-order valence-corrected chi connectivity index (χ2v) is 5.08. The van der Waals surface area contributed by atoms with E-state index in [1.54, 1.807) is 13.3 Å². The van der Waals surface area contributed by atoms with E-state index < -0.39 is 0 Å². The Morgan fingerprint density at radius 2 is 2.00 bits per heavy atom. The molecule has 1 aromatic carbocycles. The Labute approximate surface area is 127 Å². The molecule has 0 saturated heterocycles. The van der Waals surface area contributed by atoms with Gasteiger partial charge in [-0.1, -0.05) is 18.2 Å². The maximum absolute atomic E-state index is 6.32. The van der Waals surface area contributed by atoms with Crippen LogP contribution in [0, 0.1) is 0 Å². The number of aromatic nitrogens is 1. The molecule has 0 saturated carbocycles. The summed E-state index contributed by atoms with van der Waals surface area (Å²) in [6.45, 7) is 1.03. The first-order chi connectivity index (χ1) is 9.74. The Morgan fingerprint density at radius 3 is 2.75 bits per heavy atom. The molecular weight excluding hydrogens is 320 g/mol. The first-order valence-corrected chi connectivity index (χ1v) is 7.10. The van der Waals surface area contributed by atoms with Crippen molar-refractivity contribution < 1.29 is 9.47 Å². The monoisotopic (exact) mass is 336 g/mol. The van der Waals surface area contributed by atoms with Crippen LogP contribution < -0.4 is 10.5 Å². The van der Waals surface area contributed by atoms with Crippen LogP contribution >= 0.6 is 15.9 Å². The van der Waals surface area contributed by atoms with Gasteiger partial charge in [0, 0.05) is 23.3 Å². The van der Waals surface area contributed by atoms with Crippen LogP contribution in [0.15, 0.2) is 47.1 Å². The van der Waals surface area contributed by atoms with Crippen LogP contribution in [0.25, 0.3) is 0 Å². The zero-order valence-electron chi connectivity index (χ0n) is 11.3. The topological polar surface area (TPSA) is 57.4 Å². The number of hydrogen-bond acceptors (Lipinski definition) is 4. The van der Waals surface area contributed by atoms with Crippen molar-refractivity contribution in [1.29, 1.82) is 0 Å². The molecule has 0 aliphatic carbocycles. The SMILES string of the molecule is COCCOc1ccccc1C(N)c1ncccc1Br. The Bertz CT molecular complexity index is 563. The van der Waals surface area contributed by atoms with Crippen LogP contribution in [-0.2, 0) is 4.74 Å². The lowest BCUT2D eigenvalue weighted by atomic mass is 10.0. The number of hydrogen-bond donors (Lipinski definition) is 1. The summed E-state index contributed by atoms with van der Waals surface area (Å²) in [5.74, 6) is 0.759. The second kappa shape index (κ2) is 7.38. The predicted octanol–water partition coefficient (Wildman–Crippen LogP) is 2.92. The molecule has 0 radical (unpaired) electrons. The number of para-hydroxylation sites is 1. The van der Waals surface area contributed by atoms with Crippen LogP contribution in [0.2, 0.25) is 0 Å². The normalized spacial score (nSPS) is 12.2. The molecule has 20 heavy (non-hydrogen) atoms. The van der Waals surface area contributed by atoms with Crippen molar-refractivity contribution in [2.75, 3.05) is 20.3 Å². The fraction of sp³-hybridized carbons (Fsp3) is 0.267. The fourth-order valence-electron chi connectivity index (χ4n) is 1.88. The average Bonchev–Trinajstić information content (AvgIpc) is 2.48. The van der Waals surface area contributed by atoms with Crippen LogP contribution in [0.5, 0.6) is 5.75 Å². The summed E-state index contributed by atoms with van der Waals surface area (Å²) in [5.41, 5.74) is 8.01. The van der Waals surface area contributed by atoms with E-state index in [2.05, 4.69) is 20.9 Å². The fourth-order valence-corrected chi connectivity index (χ4v) is 2.38. The van der Waals surface area contributed by atoms with E-state index in [4.69, 9.17) is 15.2 Å². The standard InChI is InChI=1S/C15H17BrN2O2/c1-19-9-10-20-13-7-3-2-5-11(13)14(17)15-12(16)6-4-8-18-15/h2-8,14H,9-10,17H2,1H3. The highest BCUT2D eigenvalue weighted by Gasteiger charge is 2.17. The van der Waals surface area contributed by atoms with Gasteiger partial charge in [0.15, 0.2) is 0 Å². The van der Waals surface area contributed by atoms with Gasteiger partial charge in [0.1, 0.15) is 12.4 Å². The van der Waals surface area contributed by atoms with E-state index in [1.165, 1.54) is 0 Å². The van der Waals surface area contributed by atoms with E-state index in [-0.39, 0.29) is 6.04 Å². The zero-order chi connectivity index (χ0) is 14.4. The third-order valence-corrected chi connectivity index (χ3v) is 3.55. The summed E-state index contributed by atoms with van der Waals surface area (Å²) in [4.78, 5) is 4.34. The molecule has 2 rings (SSSR count). The minimum Gasteiger partial charge on any atom is -0.491 e. The number of rotatable bonds is 6. The smallest absolute Gasteiger partial charge is 0.124 e. The van der Waals surface area contributed by atoms with Crippen molar-refractivity contribution in [2.24, 2.45) is 5.73 Å². The largest absolute Gasteiger partial charge is 0.491 e. The molecule has 106 valence electrons. The van der Waals surface area contributed by atoms with Gasteiger partial charge in [0.2, 0.25) is 0 Å². The number of nitrogens with zero attached hydrogens (tertiary/aromatic N) is 1. The molecule has 0 amide bonds. The molecule has 0 bridgehead atoms. The lowest BCUT2D eigenvalue weighted by Crippen LogP contribution is -2.16. The minimum absolute atomic E-state index is 0.343. The summed E-state index contributed by atoms with van der Waals surface area (Å²) in [5, 5.41) is 0. The van der Waals surface area contributed by atoms with Gasteiger partial charge in [-0.25, -0.2) is 0 Å². The molecule has 2 N–H and O–H groups in total. The third-order valence-electron chi connectivity index (χ3n) is 2.88. The van der Waals surface area contributed by atoms with Crippen LogP contribution in [-0.4, -0.2) is 25.3 Å². The summed E-state index contributed by atoms with van der Waals surface area (Å²) in [6.07, 6.45) is 1.73. The van der Waals surface area contributed by atoms with Gasteiger partial charge in [-0.15, -0.1) is 0 Å². The van der Waals surface area contributed by atoms with Crippen LogP contribution in [0.4, 0.5) is 0 Å². The lowest BCUT2D eigenvalue weighted by Gasteiger charge is -2.17. The zero-order valence-corrected chi connectivity index (χ0v) is 12.8. The molecule has 0 fully saturated rings. The Balaban J connectivity index is 2.25. The summed E-state index contributed by atoms with van der Waals surface area (Å²) < 4.78 is 11.6. The third kappa shape index (κ3) is 3.56. The Kier molecular flexibility index (Phi) is 5.52. The molecular formula is C15H17BrN2O2. The van der Waals surface area contributed by atoms with Crippen molar-refractivity contribution in [3.63, 3.8) is 0 Å². The molecule has 1 atom stereocenters. The van der Waals surface area contributed by atoms with E-state index in [0.717, 1.165) is 21.5 Å². The summed E-state index contributed by atoms with van der Waals surface area (Å²) >= 11 is 3.48. The number of ether oxygens (including phenoxy) is 2. The highest BCUT2D eigenvalue weighted by atomic mass is 79.9. The van der Waals surface area contributed by atoms with E-state index in [9.17, 15) is 0 Å². The van der Waals surface area contributed by atoms with Gasteiger partial charge in [0.25, 0.3) is 0 Å². The van der Waals surface area contributed by atoms with Crippen molar-refractivity contribution in [1.82, 2.24) is 4.98 Å². The number of methoxy groups -OCH3 is 1. The van der Waals surface area contributed by atoms with Gasteiger partial charge in [0.05, 0.1) is 18.3 Å².